The van der Waals surface area contributed by atoms with Crippen molar-refractivity contribution in [2.75, 3.05) is 26.2 Å². The van der Waals surface area contributed by atoms with Crippen molar-refractivity contribution < 1.29 is 19.0 Å². The number of carbonyl (C=O) groups is 1. The van der Waals surface area contributed by atoms with Crippen LogP contribution in [0.4, 0.5) is 4.39 Å². The van der Waals surface area contributed by atoms with Crippen molar-refractivity contribution >= 4 is 17.2 Å². The summed E-state index contributed by atoms with van der Waals surface area (Å²) in [5.41, 5.74) is -0.307. The second-order valence-electron chi connectivity index (χ2n) is 9.76. The quantitative estimate of drug-likeness (QED) is 0.507. The number of epoxide rings is 1. The Morgan fingerprint density at radius 2 is 1.97 bits per heavy atom. The van der Waals surface area contributed by atoms with Crippen LogP contribution in [-0.4, -0.2) is 74.1 Å². The maximum absolute atomic E-state index is 13.2. The number of rotatable bonds is 6. The first-order chi connectivity index (χ1) is 17.3. The molecule has 1 N–H and O–H groups in total. The predicted molar refractivity (Wildman–Crippen MR) is 131 cm³/mol. The maximum Gasteiger partial charge on any atom is 0.274 e. The molecule has 36 heavy (non-hydrogen) atoms. The molecule has 0 bridgehead atoms. The topological polar surface area (TPSA) is 104 Å². The van der Waals surface area contributed by atoms with Crippen LogP contribution in [0.5, 0.6) is 5.75 Å². The number of halogens is 1. The molecule has 0 spiro atoms. The van der Waals surface area contributed by atoms with Gasteiger partial charge < -0.3 is 19.3 Å². The summed E-state index contributed by atoms with van der Waals surface area (Å²) in [6.07, 6.45) is 2.97. The van der Waals surface area contributed by atoms with Crippen molar-refractivity contribution in [3.63, 3.8) is 0 Å². The number of likely N-dealkylation sites (tertiary alicyclic amines) is 1. The fraction of sp³-hybridized carbons (Fsp3) is 0.440. The number of nitrogens with zero attached hydrogens (tertiary/aromatic N) is 5. The van der Waals surface area contributed by atoms with Gasteiger partial charge in [0.1, 0.15) is 23.2 Å². The Kier molecular flexibility index (Phi) is 5.47. The van der Waals surface area contributed by atoms with Crippen molar-refractivity contribution in [2.24, 2.45) is 0 Å². The highest BCUT2D eigenvalue weighted by atomic mass is 32.1. The number of likely N-dealkylation sites (N-methyl/N-ethyl adjacent to an activating group) is 1. The van der Waals surface area contributed by atoms with Crippen LogP contribution < -0.4 is 5.43 Å². The summed E-state index contributed by atoms with van der Waals surface area (Å²) in [6.45, 7) is 6.68. The molecule has 11 heteroatoms. The Hall–Kier alpha value is -3.15. The third-order valence-electron chi connectivity index (χ3n) is 7.41. The van der Waals surface area contributed by atoms with Crippen molar-refractivity contribution in [3.05, 3.63) is 62.8 Å². The molecule has 0 radical (unpaired) electrons. The monoisotopic (exact) mass is 511 g/mol. The van der Waals surface area contributed by atoms with Crippen molar-refractivity contribution in [1.82, 2.24) is 24.6 Å². The summed E-state index contributed by atoms with van der Waals surface area (Å²) >= 11 is 1.23. The molecule has 3 atom stereocenters. The highest BCUT2D eigenvalue weighted by Gasteiger charge is 2.59. The lowest BCUT2D eigenvalue weighted by atomic mass is 9.90. The van der Waals surface area contributed by atoms with E-state index in [9.17, 15) is 19.1 Å². The van der Waals surface area contributed by atoms with Crippen LogP contribution in [0.3, 0.4) is 0 Å². The Morgan fingerprint density at radius 1 is 1.22 bits per heavy atom. The largest absolute Gasteiger partial charge is 0.503 e. The Balaban J connectivity index is 1.40. The zero-order chi connectivity index (χ0) is 25.2. The van der Waals surface area contributed by atoms with Crippen LogP contribution in [0, 0.1) is 5.82 Å². The molecule has 2 aromatic heterocycles. The van der Waals surface area contributed by atoms with Gasteiger partial charge >= 0.3 is 0 Å². The predicted octanol–water partition coefficient (Wildman–Crippen LogP) is 2.42. The summed E-state index contributed by atoms with van der Waals surface area (Å²) < 4.78 is 21.1. The van der Waals surface area contributed by atoms with Gasteiger partial charge in [-0.15, -0.1) is 10.2 Å². The lowest BCUT2D eigenvalue weighted by Gasteiger charge is -2.43. The van der Waals surface area contributed by atoms with E-state index in [0.717, 1.165) is 25.1 Å². The Bertz CT molecular complexity index is 1400. The first-order valence-electron chi connectivity index (χ1n) is 12.0. The second-order valence-corrected chi connectivity index (χ2v) is 10.8. The van der Waals surface area contributed by atoms with Crippen LogP contribution in [0.15, 0.2) is 35.3 Å². The second kappa shape index (κ2) is 8.46. The zero-order valence-electron chi connectivity index (χ0n) is 20.0. The number of fused-ring (bicyclic) bond motifs is 1. The van der Waals surface area contributed by atoms with Crippen LogP contribution >= 0.6 is 11.3 Å². The highest BCUT2D eigenvalue weighted by Crippen LogP contribution is 2.45. The van der Waals surface area contributed by atoms with Gasteiger partial charge in [0, 0.05) is 38.8 Å². The molecule has 1 amide bonds. The highest BCUT2D eigenvalue weighted by molar-refractivity contribution is 7.14. The van der Waals surface area contributed by atoms with E-state index in [2.05, 4.69) is 15.1 Å². The lowest BCUT2D eigenvalue weighted by Crippen LogP contribution is -2.57. The smallest absolute Gasteiger partial charge is 0.274 e. The number of pyridine rings is 1. The van der Waals surface area contributed by atoms with Gasteiger partial charge in [-0.1, -0.05) is 23.5 Å². The van der Waals surface area contributed by atoms with Crippen LogP contribution in [0.25, 0.3) is 10.6 Å². The van der Waals surface area contributed by atoms with E-state index in [0.29, 0.717) is 29.5 Å². The summed E-state index contributed by atoms with van der Waals surface area (Å²) in [5.74, 6) is -1.28. The lowest BCUT2D eigenvalue weighted by molar-refractivity contribution is 0.0524. The molecule has 5 heterocycles. The van der Waals surface area contributed by atoms with Crippen molar-refractivity contribution in [2.45, 2.75) is 44.6 Å². The maximum atomic E-state index is 13.2. The Labute approximate surface area is 210 Å². The number of hydrogen-bond donors (Lipinski definition) is 1. The van der Waals surface area contributed by atoms with E-state index in [-0.39, 0.29) is 35.3 Å². The van der Waals surface area contributed by atoms with E-state index in [1.54, 1.807) is 27.8 Å². The van der Waals surface area contributed by atoms with Gasteiger partial charge in [0.25, 0.3) is 5.91 Å². The molecular weight excluding hydrogens is 485 g/mol. The van der Waals surface area contributed by atoms with Gasteiger partial charge in [-0.05, 0) is 38.0 Å². The normalized spacial score (nSPS) is 25.5. The van der Waals surface area contributed by atoms with Gasteiger partial charge in [-0.25, -0.2) is 4.39 Å². The minimum Gasteiger partial charge on any atom is -0.503 e. The number of carbonyl (C=O) groups excluding carboxylic acids is 1. The summed E-state index contributed by atoms with van der Waals surface area (Å²) in [4.78, 5) is 30.4. The van der Waals surface area contributed by atoms with E-state index in [1.165, 1.54) is 23.5 Å². The number of benzene rings is 1. The molecule has 3 aromatic rings. The molecule has 2 saturated heterocycles. The average molecular weight is 512 g/mol. The van der Waals surface area contributed by atoms with Gasteiger partial charge in [-0.2, -0.15) is 0 Å². The molecule has 9 nitrogen and oxygen atoms in total. The third kappa shape index (κ3) is 3.64. The standard InChI is InChI=1S/C25H26FN5O4S/c1-3-29-13-25(2,21-24(35-21)30-9-4-10-30)31-12-16(19(32)20(33)18(31)23(29)34)22-28-27-17(36-22)11-14-5-7-15(26)8-6-14/h5-8,12,21,24,33H,3-4,9-11,13H2,1-2H3/t21?,24?,25-/m1/s1. The number of aromatic hydroxyl groups is 1. The van der Waals surface area contributed by atoms with Crippen LogP contribution in [0.2, 0.25) is 0 Å². The molecule has 0 saturated carbocycles. The minimum atomic E-state index is -0.679. The molecule has 2 fully saturated rings. The average Bonchev–Trinajstić information content (AvgIpc) is 3.48. The molecule has 6 rings (SSSR count). The number of aromatic nitrogens is 3. The van der Waals surface area contributed by atoms with E-state index < -0.39 is 16.7 Å². The number of amides is 1. The summed E-state index contributed by atoms with van der Waals surface area (Å²) in [5, 5.41) is 20.4. The molecule has 2 unspecified atom stereocenters. The van der Waals surface area contributed by atoms with E-state index >= 15 is 0 Å². The van der Waals surface area contributed by atoms with Gasteiger partial charge in [0.2, 0.25) is 5.43 Å². The van der Waals surface area contributed by atoms with Crippen molar-refractivity contribution in [1.29, 1.82) is 0 Å². The Morgan fingerprint density at radius 3 is 2.64 bits per heavy atom. The third-order valence-corrected chi connectivity index (χ3v) is 8.37. The first-order valence-corrected chi connectivity index (χ1v) is 12.9. The number of hydrogen-bond acceptors (Lipinski definition) is 8. The summed E-state index contributed by atoms with van der Waals surface area (Å²) in [7, 11) is 0. The number of ether oxygens (including phenoxy) is 1. The fourth-order valence-corrected chi connectivity index (χ4v) is 6.05. The van der Waals surface area contributed by atoms with E-state index in [4.69, 9.17) is 4.74 Å². The molecule has 3 aliphatic heterocycles. The molecule has 1 aromatic carbocycles. The van der Waals surface area contributed by atoms with Gasteiger partial charge in [0.15, 0.2) is 16.5 Å². The molecule has 3 aliphatic rings. The first kappa shape index (κ1) is 23.3. The molecule has 188 valence electrons. The molecular formula is C25H26FN5O4S. The van der Waals surface area contributed by atoms with Crippen LogP contribution in [-0.2, 0) is 16.7 Å². The van der Waals surface area contributed by atoms with Crippen molar-refractivity contribution in [3.8, 4) is 16.3 Å². The van der Waals surface area contributed by atoms with Crippen LogP contribution in [0.1, 0.15) is 41.3 Å². The minimum absolute atomic E-state index is 0.0201. The van der Waals surface area contributed by atoms with Gasteiger partial charge in [0.05, 0.1) is 11.1 Å². The summed E-state index contributed by atoms with van der Waals surface area (Å²) in [6, 6.07) is 6.12. The van der Waals surface area contributed by atoms with Gasteiger partial charge in [-0.3, -0.25) is 14.5 Å². The molecule has 0 aliphatic carbocycles. The van der Waals surface area contributed by atoms with E-state index in [1.807, 2.05) is 13.8 Å². The SMILES string of the molecule is CCN1C[C@](C)(C2OC2N2CCC2)n2cc(-c3nnc(Cc4ccc(F)cc4)s3)c(=O)c(O)c2C1=O. The fourth-order valence-electron chi connectivity index (χ4n) is 5.17. The zero-order valence-corrected chi connectivity index (χ0v) is 20.8.